The number of likely N-dealkylation sites (tertiary alicyclic amines) is 1. The van der Waals surface area contributed by atoms with Crippen LogP contribution in [0.3, 0.4) is 0 Å². The molecule has 0 bridgehead atoms. The monoisotopic (exact) mass is 558 g/mol. The lowest BCUT2D eigenvalue weighted by atomic mass is 9.88. The molecule has 2 atom stereocenters. The zero-order chi connectivity index (χ0) is 28.4. The van der Waals surface area contributed by atoms with Gasteiger partial charge in [-0.05, 0) is 62.2 Å². The van der Waals surface area contributed by atoms with E-state index in [-0.39, 0.29) is 41.5 Å². The summed E-state index contributed by atoms with van der Waals surface area (Å²) in [5.41, 5.74) is -2.29. The number of nitrogens with zero attached hydrogens (tertiary/aromatic N) is 3. The first-order valence-electron chi connectivity index (χ1n) is 12.3. The molecule has 1 fully saturated rings. The summed E-state index contributed by atoms with van der Waals surface area (Å²) in [7, 11) is 0. The van der Waals surface area contributed by atoms with Gasteiger partial charge < -0.3 is 9.84 Å². The first-order valence-corrected chi connectivity index (χ1v) is 12.3. The van der Waals surface area contributed by atoms with Crippen molar-refractivity contribution in [2.75, 3.05) is 11.9 Å². The molecule has 210 valence electrons. The Morgan fingerprint density at radius 1 is 1.10 bits per heavy atom. The number of rotatable bonds is 7. The third-order valence-electron chi connectivity index (χ3n) is 6.62. The number of carbonyl (C=O) groups is 1. The number of benzene rings is 2. The van der Waals surface area contributed by atoms with E-state index >= 15 is 0 Å². The third kappa shape index (κ3) is 6.94. The summed E-state index contributed by atoms with van der Waals surface area (Å²) in [6, 6.07) is 6.81. The molecule has 1 aliphatic heterocycles. The summed E-state index contributed by atoms with van der Waals surface area (Å²) in [6.07, 6.45) is -6.99. The van der Waals surface area contributed by atoms with E-state index in [1.165, 1.54) is 12.1 Å². The van der Waals surface area contributed by atoms with Crippen molar-refractivity contribution in [3.05, 3.63) is 65.2 Å². The maximum Gasteiger partial charge on any atom is 0.419 e. The van der Waals surface area contributed by atoms with Crippen LogP contribution in [0.2, 0.25) is 0 Å². The van der Waals surface area contributed by atoms with Gasteiger partial charge in [-0.15, -0.1) is 0 Å². The highest BCUT2D eigenvalue weighted by Gasteiger charge is 2.36. The first-order chi connectivity index (χ1) is 18.3. The predicted molar refractivity (Wildman–Crippen MR) is 127 cm³/mol. The van der Waals surface area contributed by atoms with Crippen molar-refractivity contribution >= 4 is 11.6 Å². The SMILES string of the molecule is CCC[C@H]1C[C@@H](C(=O)Nc2cccc(C(F)(F)F)c2)CCN1Cc1noc(-c2ccc(F)c(C(F)(F)F)c2)n1. The highest BCUT2D eigenvalue weighted by molar-refractivity contribution is 5.92. The molecule has 1 aromatic heterocycles. The molecule has 1 aliphatic rings. The molecule has 0 unspecified atom stereocenters. The number of anilines is 1. The maximum atomic E-state index is 13.6. The van der Waals surface area contributed by atoms with Gasteiger partial charge in [0.2, 0.25) is 5.91 Å². The number of nitrogens with one attached hydrogen (secondary N) is 1. The smallest absolute Gasteiger partial charge is 0.334 e. The molecule has 13 heteroatoms. The number of amides is 1. The molecule has 0 radical (unpaired) electrons. The molecule has 6 nitrogen and oxygen atoms in total. The van der Waals surface area contributed by atoms with Crippen LogP contribution >= 0.6 is 0 Å². The Balaban J connectivity index is 1.42. The largest absolute Gasteiger partial charge is 0.419 e. The first kappa shape index (κ1) is 28.5. The van der Waals surface area contributed by atoms with E-state index in [1.807, 2.05) is 11.8 Å². The number of hydrogen-bond donors (Lipinski definition) is 1. The maximum absolute atomic E-state index is 13.6. The molecule has 0 saturated carbocycles. The minimum absolute atomic E-state index is 0.0642. The second-order valence-corrected chi connectivity index (χ2v) is 9.41. The molecule has 1 saturated heterocycles. The van der Waals surface area contributed by atoms with Crippen molar-refractivity contribution in [1.82, 2.24) is 15.0 Å². The summed E-state index contributed by atoms with van der Waals surface area (Å²) in [5.74, 6) is -2.16. The molecule has 3 aromatic rings. The standard InChI is InChI=1S/C26H25F7N4O2/c1-2-4-19-11-15(23(38)34-18-6-3-5-17(13-18)25(28,29)30)9-10-37(19)14-22-35-24(39-36-22)16-7-8-21(27)20(12-16)26(31,32)33/h3,5-8,12-13,15,19H,2,4,9-11,14H2,1H3,(H,34,38)/t15-,19-/m0/s1. The molecule has 2 heterocycles. The van der Waals surface area contributed by atoms with Crippen LogP contribution in [0.1, 0.15) is 49.6 Å². The molecule has 1 N–H and O–H groups in total. The number of piperidine rings is 1. The Kier molecular flexibility index (Phi) is 8.28. The van der Waals surface area contributed by atoms with Gasteiger partial charge in [0.25, 0.3) is 5.89 Å². The highest BCUT2D eigenvalue weighted by atomic mass is 19.4. The van der Waals surface area contributed by atoms with E-state index in [0.717, 1.165) is 31.0 Å². The van der Waals surface area contributed by atoms with Gasteiger partial charge in [0.1, 0.15) is 5.82 Å². The second-order valence-electron chi connectivity index (χ2n) is 9.41. The van der Waals surface area contributed by atoms with Crippen LogP contribution in [0, 0.1) is 11.7 Å². The summed E-state index contributed by atoms with van der Waals surface area (Å²) >= 11 is 0. The minimum Gasteiger partial charge on any atom is -0.334 e. The zero-order valence-corrected chi connectivity index (χ0v) is 20.7. The van der Waals surface area contributed by atoms with E-state index in [1.54, 1.807) is 0 Å². The summed E-state index contributed by atoms with van der Waals surface area (Å²) in [4.78, 5) is 19.1. The number of carbonyl (C=O) groups excluding carboxylic acids is 1. The van der Waals surface area contributed by atoms with Gasteiger partial charge in [0, 0.05) is 23.2 Å². The van der Waals surface area contributed by atoms with Gasteiger partial charge in [-0.3, -0.25) is 9.69 Å². The Labute approximate surface area is 219 Å². The third-order valence-corrected chi connectivity index (χ3v) is 6.62. The zero-order valence-electron chi connectivity index (χ0n) is 20.7. The van der Waals surface area contributed by atoms with Gasteiger partial charge in [-0.1, -0.05) is 24.6 Å². The molecule has 0 aliphatic carbocycles. The van der Waals surface area contributed by atoms with Crippen LogP contribution in [-0.4, -0.2) is 33.5 Å². The fourth-order valence-corrected chi connectivity index (χ4v) is 4.69. The normalized spacial score (nSPS) is 18.8. The van der Waals surface area contributed by atoms with Crippen molar-refractivity contribution in [1.29, 1.82) is 0 Å². The van der Waals surface area contributed by atoms with Crippen LogP contribution in [0.25, 0.3) is 11.5 Å². The van der Waals surface area contributed by atoms with E-state index in [0.29, 0.717) is 31.5 Å². The number of halogens is 7. The lowest BCUT2D eigenvalue weighted by molar-refractivity contribution is -0.140. The van der Waals surface area contributed by atoms with Crippen LogP contribution < -0.4 is 5.32 Å². The molecule has 4 rings (SSSR count). The minimum atomic E-state index is -4.88. The van der Waals surface area contributed by atoms with Crippen LogP contribution in [0.5, 0.6) is 0 Å². The average molecular weight is 558 g/mol. The Bertz CT molecular complexity index is 1310. The number of aromatic nitrogens is 2. The van der Waals surface area contributed by atoms with Crippen LogP contribution in [0.4, 0.5) is 36.4 Å². The Hall–Kier alpha value is -3.48. The Morgan fingerprint density at radius 2 is 1.87 bits per heavy atom. The van der Waals surface area contributed by atoms with Crippen molar-refractivity contribution in [2.24, 2.45) is 5.92 Å². The van der Waals surface area contributed by atoms with Gasteiger partial charge in [0.05, 0.1) is 17.7 Å². The summed E-state index contributed by atoms with van der Waals surface area (Å²) in [5, 5.41) is 6.45. The van der Waals surface area contributed by atoms with Crippen molar-refractivity contribution in [3.63, 3.8) is 0 Å². The van der Waals surface area contributed by atoms with Crippen molar-refractivity contribution < 1.29 is 40.1 Å². The fraction of sp³-hybridized carbons (Fsp3) is 0.423. The number of alkyl halides is 6. The predicted octanol–water partition coefficient (Wildman–Crippen LogP) is 6.93. The van der Waals surface area contributed by atoms with Gasteiger partial charge in [-0.2, -0.15) is 31.3 Å². The Morgan fingerprint density at radius 3 is 2.56 bits per heavy atom. The quantitative estimate of drug-likeness (QED) is 0.319. The molecule has 1 amide bonds. The molecular weight excluding hydrogens is 533 g/mol. The van der Waals surface area contributed by atoms with E-state index < -0.39 is 35.2 Å². The van der Waals surface area contributed by atoms with Gasteiger partial charge in [-0.25, -0.2) is 4.39 Å². The van der Waals surface area contributed by atoms with Crippen LogP contribution in [0.15, 0.2) is 47.0 Å². The molecule has 0 spiro atoms. The fourth-order valence-electron chi connectivity index (χ4n) is 4.69. The van der Waals surface area contributed by atoms with Gasteiger partial charge in [0.15, 0.2) is 5.82 Å². The molecule has 2 aromatic carbocycles. The van der Waals surface area contributed by atoms with E-state index in [9.17, 15) is 35.5 Å². The second kappa shape index (κ2) is 11.3. The van der Waals surface area contributed by atoms with E-state index in [4.69, 9.17) is 4.52 Å². The van der Waals surface area contributed by atoms with Crippen molar-refractivity contribution in [2.45, 2.75) is 57.5 Å². The number of hydrogen-bond acceptors (Lipinski definition) is 5. The highest BCUT2D eigenvalue weighted by Crippen LogP contribution is 2.35. The summed E-state index contributed by atoms with van der Waals surface area (Å²) in [6.45, 7) is 2.65. The van der Waals surface area contributed by atoms with E-state index in [2.05, 4.69) is 15.5 Å². The molecular formula is C26H25F7N4O2. The summed E-state index contributed by atoms with van der Waals surface area (Å²) < 4.78 is 96.9. The lowest BCUT2D eigenvalue weighted by Gasteiger charge is -2.38. The average Bonchev–Trinajstić information content (AvgIpc) is 3.33. The van der Waals surface area contributed by atoms with Crippen molar-refractivity contribution in [3.8, 4) is 11.5 Å². The molecule has 39 heavy (non-hydrogen) atoms. The lowest BCUT2D eigenvalue weighted by Crippen LogP contribution is -2.45. The van der Waals surface area contributed by atoms with Crippen LogP contribution in [-0.2, 0) is 23.7 Å². The topological polar surface area (TPSA) is 71.3 Å². The van der Waals surface area contributed by atoms with Gasteiger partial charge >= 0.3 is 12.4 Å².